The number of nitrogens with two attached hydrogens (primary N) is 1. The summed E-state index contributed by atoms with van der Waals surface area (Å²) in [5.41, 5.74) is 5.19. The van der Waals surface area contributed by atoms with E-state index in [-0.39, 0.29) is 0 Å². The number of piperidine rings is 1. The molecule has 0 bridgehead atoms. The molecule has 7 nitrogen and oxygen atoms in total. The summed E-state index contributed by atoms with van der Waals surface area (Å²) in [5.74, 6) is -0.455. The van der Waals surface area contributed by atoms with E-state index in [1.807, 2.05) is 12.1 Å². The standard InChI is InChI=1S/C20H30N4O3/c1-20(2,18(21)25)19(26)23-9-4-7-13-27-17-14-16(8-10-22-17)15-24-11-5-3-6-12-24/h4,7-8,10,14H,3,5-6,9,11-13,15H2,1-2H3,(H2,21,25)(H,23,26)/b7-4-. The third kappa shape index (κ3) is 6.67. The monoisotopic (exact) mass is 374 g/mol. The van der Waals surface area contributed by atoms with E-state index in [1.165, 1.54) is 38.7 Å². The highest BCUT2D eigenvalue weighted by Gasteiger charge is 2.33. The van der Waals surface area contributed by atoms with E-state index in [1.54, 1.807) is 18.3 Å². The Labute approximate surface area is 161 Å². The topological polar surface area (TPSA) is 97.5 Å². The first kappa shape index (κ1) is 20.9. The van der Waals surface area contributed by atoms with Crippen LogP contribution in [-0.2, 0) is 16.1 Å². The van der Waals surface area contributed by atoms with E-state index in [0.717, 1.165) is 19.6 Å². The van der Waals surface area contributed by atoms with Gasteiger partial charge in [-0.3, -0.25) is 14.5 Å². The zero-order chi connectivity index (χ0) is 19.7. The minimum absolute atomic E-state index is 0.307. The average molecular weight is 374 g/mol. The summed E-state index contributed by atoms with van der Waals surface area (Å²) < 4.78 is 5.65. The number of amides is 2. The summed E-state index contributed by atoms with van der Waals surface area (Å²) in [6.07, 6.45) is 9.21. The number of ether oxygens (including phenoxy) is 1. The van der Waals surface area contributed by atoms with Crippen molar-refractivity contribution in [1.29, 1.82) is 0 Å². The van der Waals surface area contributed by atoms with Gasteiger partial charge in [-0.15, -0.1) is 0 Å². The Morgan fingerprint density at radius 2 is 2.04 bits per heavy atom. The number of primary amides is 1. The molecule has 1 fully saturated rings. The number of nitrogens with zero attached hydrogens (tertiary/aromatic N) is 2. The molecule has 0 unspecified atom stereocenters. The molecule has 2 amide bonds. The van der Waals surface area contributed by atoms with Gasteiger partial charge in [0.05, 0.1) is 0 Å². The van der Waals surface area contributed by atoms with E-state index in [4.69, 9.17) is 10.5 Å². The predicted molar refractivity (Wildman–Crippen MR) is 104 cm³/mol. The molecule has 27 heavy (non-hydrogen) atoms. The Hall–Kier alpha value is -2.41. The Balaban J connectivity index is 1.72. The molecule has 0 aromatic carbocycles. The van der Waals surface area contributed by atoms with Crippen LogP contribution in [0.15, 0.2) is 30.5 Å². The third-order valence-electron chi connectivity index (χ3n) is 4.71. The number of carbonyl (C=O) groups is 2. The molecule has 1 aromatic heterocycles. The highest BCUT2D eigenvalue weighted by Crippen LogP contribution is 2.16. The summed E-state index contributed by atoms with van der Waals surface area (Å²) in [6, 6.07) is 3.99. The second-order valence-corrected chi connectivity index (χ2v) is 7.32. The van der Waals surface area contributed by atoms with Crippen molar-refractivity contribution in [1.82, 2.24) is 15.2 Å². The zero-order valence-electron chi connectivity index (χ0n) is 16.2. The molecular weight excluding hydrogens is 344 g/mol. The number of hydrogen-bond acceptors (Lipinski definition) is 5. The van der Waals surface area contributed by atoms with Gasteiger partial charge >= 0.3 is 0 Å². The van der Waals surface area contributed by atoms with Gasteiger partial charge in [-0.05, 0) is 57.5 Å². The van der Waals surface area contributed by atoms with E-state index >= 15 is 0 Å². The third-order valence-corrected chi connectivity index (χ3v) is 4.71. The average Bonchev–Trinajstić information content (AvgIpc) is 2.65. The van der Waals surface area contributed by atoms with Crippen LogP contribution in [0.25, 0.3) is 0 Å². The molecule has 148 valence electrons. The van der Waals surface area contributed by atoms with Crippen LogP contribution in [0.2, 0.25) is 0 Å². The van der Waals surface area contributed by atoms with E-state index < -0.39 is 17.2 Å². The van der Waals surface area contributed by atoms with Gasteiger partial charge in [0.25, 0.3) is 0 Å². The minimum Gasteiger partial charge on any atom is -0.473 e. The second kappa shape index (κ2) is 10.1. The van der Waals surface area contributed by atoms with Crippen molar-refractivity contribution >= 4 is 11.8 Å². The first-order valence-electron chi connectivity index (χ1n) is 9.43. The first-order valence-corrected chi connectivity index (χ1v) is 9.43. The zero-order valence-corrected chi connectivity index (χ0v) is 16.2. The Morgan fingerprint density at radius 1 is 1.30 bits per heavy atom. The van der Waals surface area contributed by atoms with E-state index in [2.05, 4.69) is 15.2 Å². The molecule has 0 atom stereocenters. The molecule has 0 spiro atoms. The number of hydrogen-bond donors (Lipinski definition) is 2. The number of nitrogens with one attached hydrogen (secondary N) is 1. The molecule has 1 aromatic rings. The number of carbonyl (C=O) groups excluding carboxylic acids is 2. The second-order valence-electron chi connectivity index (χ2n) is 7.32. The molecule has 1 aliphatic rings. The summed E-state index contributed by atoms with van der Waals surface area (Å²) >= 11 is 0. The fourth-order valence-electron chi connectivity index (χ4n) is 2.77. The summed E-state index contributed by atoms with van der Waals surface area (Å²) in [5, 5.41) is 2.65. The fraction of sp³-hybridized carbons (Fsp3) is 0.550. The maximum absolute atomic E-state index is 11.9. The van der Waals surface area contributed by atoms with Gasteiger partial charge < -0.3 is 15.8 Å². The van der Waals surface area contributed by atoms with Crippen molar-refractivity contribution in [3.8, 4) is 5.88 Å². The Morgan fingerprint density at radius 3 is 2.74 bits per heavy atom. The largest absolute Gasteiger partial charge is 0.473 e. The lowest BCUT2D eigenvalue weighted by molar-refractivity contribution is -0.139. The van der Waals surface area contributed by atoms with Crippen LogP contribution < -0.4 is 15.8 Å². The molecule has 2 heterocycles. The molecular formula is C20H30N4O3. The minimum atomic E-state index is -1.22. The summed E-state index contributed by atoms with van der Waals surface area (Å²) in [7, 11) is 0. The van der Waals surface area contributed by atoms with Crippen molar-refractivity contribution in [2.24, 2.45) is 11.1 Å². The normalized spacial score (nSPS) is 15.6. The summed E-state index contributed by atoms with van der Waals surface area (Å²) in [4.78, 5) is 29.8. The Kier molecular flexibility index (Phi) is 7.79. The smallest absolute Gasteiger partial charge is 0.235 e. The Bertz CT molecular complexity index is 667. The van der Waals surface area contributed by atoms with Gasteiger partial charge in [0.2, 0.25) is 17.7 Å². The van der Waals surface area contributed by atoms with Gasteiger partial charge in [0.1, 0.15) is 12.0 Å². The van der Waals surface area contributed by atoms with Gasteiger partial charge in [-0.2, -0.15) is 0 Å². The number of aromatic nitrogens is 1. The maximum atomic E-state index is 11.9. The van der Waals surface area contributed by atoms with Crippen LogP contribution in [-0.4, -0.2) is 47.9 Å². The number of likely N-dealkylation sites (tertiary alicyclic amines) is 1. The van der Waals surface area contributed by atoms with Crippen LogP contribution in [0.3, 0.4) is 0 Å². The van der Waals surface area contributed by atoms with E-state index in [0.29, 0.717) is 19.0 Å². The molecule has 0 saturated carbocycles. The molecule has 1 aliphatic heterocycles. The summed E-state index contributed by atoms with van der Waals surface area (Å²) in [6.45, 7) is 6.89. The quantitative estimate of drug-likeness (QED) is 0.506. The fourth-order valence-corrected chi connectivity index (χ4v) is 2.77. The van der Waals surface area contributed by atoms with Gasteiger partial charge in [0.15, 0.2) is 0 Å². The number of pyridine rings is 1. The molecule has 0 aliphatic carbocycles. The SMILES string of the molecule is CC(C)(C(N)=O)C(=O)NC/C=C\COc1cc(CN2CCCCC2)ccn1. The van der Waals surface area contributed by atoms with Crippen molar-refractivity contribution in [3.05, 3.63) is 36.0 Å². The predicted octanol–water partition coefficient (Wildman–Crippen LogP) is 1.63. The first-order chi connectivity index (χ1) is 12.9. The highest BCUT2D eigenvalue weighted by molar-refractivity contribution is 6.03. The lowest BCUT2D eigenvalue weighted by atomic mass is 9.91. The van der Waals surface area contributed by atoms with Crippen LogP contribution in [0.4, 0.5) is 0 Å². The van der Waals surface area contributed by atoms with Crippen molar-refractivity contribution < 1.29 is 14.3 Å². The van der Waals surface area contributed by atoms with Crippen molar-refractivity contribution in [2.45, 2.75) is 39.7 Å². The maximum Gasteiger partial charge on any atom is 0.235 e. The number of rotatable bonds is 9. The van der Waals surface area contributed by atoms with Crippen LogP contribution >= 0.6 is 0 Å². The van der Waals surface area contributed by atoms with Crippen LogP contribution in [0.1, 0.15) is 38.7 Å². The van der Waals surface area contributed by atoms with Gasteiger partial charge in [-0.25, -0.2) is 4.98 Å². The highest BCUT2D eigenvalue weighted by atomic mass is 16.5. The van der Waals surface area contributed by atoms with Gasteiger partial charge in [-0.1, -0.05) is 12.5 Å². The molecule has 3 N–H and O–H groups in total. The lowest BCUT2D eigenvalue weighted by Gasteiger charge is -2.26. The molecule has 7 heteroatoms. The van der Waals surface area contributed by atoms with Crippen LogP contribution in [0, 0.1) is 5.41 Å². The lowest BCUT2D eigenvalue weighted by Crippen LogP contribution is -2.45. The van der Waals surface area contributed by atoms with Crippen LogP contribution in [0.5, 0.6) is 5.88 Å². The van der Waals surface area contributed by atoms with Gasteiger partial charge in [0, 0.05) is 25.4 Å². The van der Waals surface area contributed by atoms with E-state index in [9.17, 15) is 9.59 Å². The van der Waals surface area contributed by atoms with Crippen molar-refractivity contribution in [2.75, 3.05) is 26.2 Å². The van der Waals surface area contributed by atoms with Crippen molar-refractivity contribution in [3.63, 3.8) is 0 Å². The molecule has 1 saturated heterocycles. The molecule has 0 radical (unpaired) electrons. The molecule has 2 rings (SSSR count).